The Morgan fingerprint density at radius 1 is 1.11 bits per heavy atom. The van der Waals surface area contributed by atoms with Crippen molar-refractivity contribution in [3.63, 3.8) is 0 Å². The second-order valence-electron chi connectivity index (χ2n) is 6.65. The van der Waals surface area contributed by atoms with E-state index in [-0.39, 0.29) is 24.0 Å². The fourth-order valence-electron chi connectivity index (χ4n) is 2.62. The van der Waals surface area contributed by atoms with E-state index >= 15 is 0 Å². The molecule has 0 aliphatic rings. The largest absolute Gasteiger partial charge is 0.385 e. The Labute approximate surface area is 182 Å². The molecule has 1 aromatic carbocycles. The van der Waals surface area contributed by atoms with Gasteiger partial charge in [0.25, 0.3) is 0 Å². The predicted octanol–water partition coefficient (Wildman–Crippen LogP) is 2.39. The number of guanidine groups is 1. The van der Waals surface area contributed by atoms with E-state index in [0.717, 1.165) is 58.3 Å². The Balaban J connectivity index is 0.00000676. The van der Waals surface area contributed by atoms with Crippen LogP contribution in [0.15, 0.2) is 29.3 Å². The Bertz CT molecular complexity index is 527. The van der Waals surface area contributed by atoms with Crippen LogP contribution in [0, 0.1) is 0 Å². The monoisotopic (exact) mass is 491 g/mol. The van der Waals surface area contributed by atoms with Gasteiger partial charge in [-0.1, -0.05) is 31.2 Å². The lowest BCUT2D eigenvalue weighted by atomic mass is 10.1. The standard InChI is InChI=1S/C20H37N5O.HI/c1-6-24(3)17-19-10-7-9-18(15-19)16-23-20(21-2)22-11-13-25(4)12-8-14-26-5;/h7,9-10,15H,6,8,11-14,16-17H2,1-5H3,(H2,21,22,23);1H. The van der Waals surface area contributed by atoms with Crippen LogP contribution < -0.4 is 10.6 Å². The van der Waals surface area contributed by atoms with Gasteiger partial charge in [-0.2, -0.15) is 0 Å². The number of ether oxygens (including phenoxy) is 1. The number of methoxy groups -OCH3 is 1. The molecular weight excluding hydrogens is 453 g/mol. The van der Waals surface area contributed by atoms with Crippen molar-refractivity contribution in [3.8, 4) is 0 Å². The summed E-state index contributed by atoms with van der Waals surface area (Å²) in [5.41, 5.74) is 2.61. The molecule has 27 heavy (non-hydrogen) atoms. The summed E-state index contributed by atoms with van der Waals surface area (Å²) >= 11 is 0. The Hall–Kier alpha value is -0.900. The van der Waals surface area contributed by atoms with Gasteiger partial charge in [-0.3, -0.25) is 4.99 Å². The number of hydrogen-bond donors (Lipinski definition) is 2. The maximum atomic E-state index is 5.09. The van der Waals surface area contributed by atoms with E-state index in [2.05, 4.69) is 70.7 Å². The minimum absolute atomic E-state index is 0. The van der Waals surface area contributed by atoms with Crippen LogP contribution in [0.3, 0.4) is 0 Å². The van der Waals surface area contributed by atoms with Crippen molar-refractivity contribution in [1.29, 1.82) is 0 Å². The van der Waals surface area contributed by atoms with Gasteiger partial charge in [-0.25, -0.2) is 0 Å². The number of nitrogens with zero attached hydrogens (tertiary/aromatic N) is 3. The minimum atomic E-state index is 0. The molecule has 0 atom stereocenters. The van der Waals surface area contributed by atoms with E-state index in [4.69, 9.17) is 4.74 Å². The van der Waals surface area contributed by atoms with Crippen LogP contribution >= 0.6 is 24.0 Å². The quantitative estimate of drug-likeness (QED) is 0.204. The molecule has 2 N–H and O–H groups in total. The number of halogens is 1. The predicted molar refractivity (Wildman–Crippen MR) is 126 cm³/mol. The van der Waals surface area contributed by atoms with Gasteiger partial charge in [-0.15, -0.1) is 24.0 Å². The highest BCUT2D eigenvalue weighted by atomic mass is 127. The average molecular weight is 491 g/mol. The van der Waals surface area contributed by atoms with Crippen molar-refractivity contribution in [2.24, 2.45) is 4.99 Å². The molecule has 0 amide bonds. The smallest absolute Gasteiger partial charge is 0.191 e. The number of hydrogen-bond acceptors (Lipinski definition) is 4. The van der Waals surface area contributed by atoms with Crippen LogP contribution in [0.25, 0.3) is 0 Å². The summed E-state index contributed by atoms with van der Waals surface area (Å²) in [6.07, 6.45) is 1.06. The van der Waals surface area contributed by atoms with Gasteiger partial charge in [0.1, 0.15) is 0 Å². The lowest BCUT2D eigenvalue weighted by Crippen LogP contribution is -2.40. The summed E-state index contributed by atoms with van der Waals surface area (Å²) in [4.78, 5) is 8.91. The molecule has 0 saturated carbocycles. The van der Waals surface area contributed by atoms with Crippen LogP contribution in [-0.2, 0) is 17.8 Å². The molecule has 0 radical (unpaired) electrons. The average Bonchev–Trinajstić information content (AvgIpc) is 2.65. The first-order valence-corrected chi connectivity index (χ1v) is 9.47. The summed E-state index contributed by atoms with van der Waals surface area (Å²) in [6, 6.07) is 8.72. The Morgan fingerprint density at radius 2 is 1.85 bits per heavy atom. The summed E-state index contributed by atoms with van der Waals surface area (Å²) in [6.45, 7) is 8.68. The number of aliphatic imine (C=N–C) groups is 1. The van der Waals surface area contributed by atoms with Crippen molar-refractivity contribution in [1.82, 2.24) is 20.4 Å². The number of likely N-dealkylation sites (N-methyl/N-ethyl adjacent to an activating group) is 1. The normalized spacial score (nSPS) is 11.6. The molecule has 1 aromatic rings. The summed E-state index contributed by atoms with van der Waals surface area (Å²) < 4.78 is 5.09. The molecule has 0 unspecified atom stereocenters. The second kappa shape index (κ2) is 16.1. The Kier molecular flexibility index (Phi) is 15.6. The van der Waals surface area contributed by atoms with Crippen molar-refractivity contribution >= 4 is 29.9 Å². The molecule has 0 aliphatic heterocycles. The van der Waals surface area contributed by atoms with E-state index < -0.39 is 0 Å². The second-order valence-corrected chi connectivity index (χ2v) is 6.65. The van der Waals surface area contributed by atoms with E-state index in [1.54, 1.807) is 7.11 Å². The Morgan fingerprint density at radius 3 is 2.52 bits per heavy atom. The number of nitrogens with one attached hydrogen (secondary N) is 2. The van der Waals surface area contributed by atoms with Crippen LogP contribution in [0.2, 0.25) is 0 Å². The van der Waals surface area contributed by atoms with E-state index in [0.29, 0.717) is 0 Å². The molecule has 0 heterocycles. The minimum Gasteiger partial charge on any atom is -0.385 e. The molecule has 0 aromatic heterocycles. The van der Waals surface area contributed by atoms with Crippen molar-refractivity contribution in [3.05, 3.63) is 35.4 Å². The topological polar surface area (TPSA) is 52.1 Å². The fourth-order valence-corrected chi connectivity index (χ4v) is 2.62. The third-order valence-electron chi connectivity index (χ3n) is 4.34. The highest BCUT2D eigenvalue weighted by molar-refractivity contribution is 14.0. The first kappa shape index (κ1) is 26.1. The molecule has 0 fully saturated rings. The molecule has 156 valence electrons. The lowest BCUT2D eigenvalue weighted by molar-refractivity contribution is 0.180. The highest BCUT2D eigenvalue weighted by Gasteiger charge is 2.03. The van der Waals surface area contributed by atoms with Crippen LogP contribution in [0.4, 0.5) is 0 Å². The maximum Gasteiger partial charge on any atom is 0.191 e. The van der Waals surface area contributed by atoms with Crippen molar-refractivity contribution in [2.45, 2.75) is 26.4 Å². The van der Waals surface area contributed by atoms with E-state index in [1.165, 1.54) is 11.1 Å². The van der Waals surface area contributed by atoms with Gasteiger partial charge in [0, 0.05) is 53.5 Å². The number of benzene rings is 1. The third kappa shape index (κ3) is 12.2. The molecule has 7 heteroatoms. The maximum absolute atomic E-state index is 5.09. The molecule has 0 saturated heterocycles. The van der Waals surface area contributed by atoms with Crippen LogP contribution in [-0.4, -0.2) is 76.8 Å². The SMILES string of the molecule is CCN(C)Cc1cccc(CNC(=NC)NCCN(C)CCCOC)c1.I. The molecule has 0 aliphatic carbocycles. The van der Waals surface area contributed by atoms with E-state index in [1.807, 2.05) is 7.05 Å². The van der Waals surface area contributed by atoms with Gasteiger partial charge < -0.3 is 25.2 Å². The van der Waals surface area contributed by atoms with Gasteiger partial charge in [-0.05, 0) is 38.2 Å². The first-order valence-electron chi connectivity index (χ1n) is 9.47. The highest BCUT2D eigenvalue weighted by Crippen LogP contribution is 2.07. The summed E-state index contributed by atoms with van der Waals surface area (Å²) in [7, 11) is 7.83. The zero-order valence-corrected chi connectivity index (χ0v) is 20.0. The first-order chi connectivity index (χ1) is 12.6. The van der Waals surface area contributed by atoms with Gasteiger partial charge >= 0.3 is 0 Å². The molecule has 1 rings (SSSR count). The van der Waals surface area contributed by atoms with Crippen LogP contribution in [0.1, 0.15) is 24.5 Å². The lowest BCUT2D eigenvalue weighted by Gasteiger charge is -2.18. The van der Waals surface area contributed by atoms with Gasteiger partial charge in [0.2, 0.25) is 0 Å². The van der Waals surface area contributed by atoms with E-state index in [9.17, 15) is 0 Å². The van der Waals surface area contributed by atoms with Gasteiger partial charge in [0.05, 0.1) is 0 Å². The number of rotatable bonds is 12. The fraction of sp³-hybridized carbons (Fsp3) is 0.650. The zero-order valence-electron chi connectivity index (χ0n) is 17.6. The summed E-state index contributed by atoms with van der Waals surface area (Å²) in [5, 5.41) is 6.77. The molecule has 0 bridgehead atoms. The van der Waals surface area contributed by atoms with Crippen molar-refractivity contribution < 1.29 is 4.74 Å². The van der Waals surface area contributed by atoms with Crippen LogP contribution in [0.5, 0.6) is 0 Å². The van der Waals surface area contributed by atoms with Crippen molar-refractivity contribution in [2.75, 3.05) is 61.0 Å². The molecular formula is C20H38IN5O. The van der Waals surface area contributed by atoms with Gasteiger partial charge in [0.15, 0.2) is 5.96 Å². The zero-order chi connectivity index (χ0) is 19.2. The molecule has 0 spiro atoms. The molecule has 6 nitrogen and oxygen atoms in total. The summed E-state index contributed by atoms with van der Waals surface area (Å²) in [5.74, 6) is 0.839. The third-order valence-corrected chi connectivity index (χ3v) is 4.34.